The van der Waals surface area contributed by atoms with Crippen molar-refractivity contribution in [3.63, 3.8) is 0 Å². The van der Waals surface area contributed by atoms with Crippen LogP contribution in [0.5, 0.6) is 0 Å². The Labute approximate surface area is 229 Å². The summed E-state index contributed by atoms with van der Waals surface area (Å²) in [7, 11) is 0. The first-order valence-electron chi connectivity index (χ1n) is 15.8. The molecule has 37 heavy (non-hydrogen) atoms. The standard InChI is InChI=1S/C31H62O6/c1-3-5-7-9-10-11-12-13-14-15-17-19-24-37-31(32)21-20-23-34-26-28-36-30-29-35-27-25-33-22-18-16-8-6-4-2/h3-30H2,1-2H3. The number of carbonyl (C=O) groups excluding carboxylic acids is 1. The Morgan fingerprint density at radius 2 is 0.703 bits per heavy atom. The molecule has 0 aromatic heterocycles. The minimum Gasteiger partial charge on any atom is -0.466 e. The van der Waals surface area contributed by atoms with Crippen molar-refractivity contribution in [2.24, 2.45) is 0 Å². The van der Waals surface area contributed by atoms with Gasteiger partial charge >= 0.3 is 5.97 Å². The second kappa shape index (κ2) is 33.3. The van der Waals surface area contributed by atoms with Crippen LogP contribution in [0.1, 0.15) is 136 Å². The Kier molecular flexibility index (Phi) is 32.7. The molecule has 0 atom stereocenters. The van der Waals surface area contributed by atoms with Gasteiger partial charge in [-0.15, -0.1) is 0 Å². The maximum atomic E-state index is 11.8. The van der Waals surface area contributed by atoms with E-state index in [1.165, 1.54) is 89.9 Å². The SMILES string of the molecule is CCCCCCCCCCCCCCOC(=O)CCCOCCOCCOCCOCCCCCCC. The molecule has 0 aliphatic rings. The molecule has 6 heteroatoms. The maximum absolute atomic E-state index is 11.8. The van der Waals surface area contributed by atoms with Crippen molar-refractivity contribution in [2.45, 2.75) is 136 Å². The molecule has 0 amide bonds. The van der Waals surface area contributed by atoms with Crippen LogP contribution in [0.2, 0.25) is 0 Å². The topological polar surface area (TPSA) is 63.2 Å². The van der Waals surface area contributed by atoms with Crippen LogP contribution >= 0.6 is 0 Å². The van der Waals surface area contributed by atoms with E-state index in [1.807, 2.05) is 0 Å². The van der Waals surface area contributed by atoms with E-state index in [0.717, 1.165) is 25.9 Å². The number of unbranched alkanes of at least 4 members (excludes halogenated alkanes) is 15. The lowest BCUT2D eigenvalue weighted by atomic mass is 10.1. The summed E-state index contributed by atoms with van der Waals surface area (Å²) < 4.78 is 27.4. The number of ether oxygens (including phenoxy) is 5. The minimum atomic E-state index is -0.111. The lowest BCUT2D eigenvalue weighted by molar-refractivity contribution is -0.144. The summed E-state index contributed by atoms with van der Waals surface area (Å²) in [6, 6.07) is 0. The first kappa shape index (κ1) is 36.3. The zero-order valence-electron chi connectivity index (χ0n) is 24.7. The molecule has 6 nitrogen and oxygen atoms in total. The molecule has 0 saturated heterocycles. The van der Waals surface area contributed by atoms with Gasteiger partial charge in [-0.2, -0.15) is 0 Å². The molecule has 0 bridgehead atoms. The highest BCUT2D eigenvalue weighted by atomic mass is 16.6. The van der Waals surface area contributed by atoms with Gasteiger partial charge in [-0.05, 0) is 19.3 Å². The predicted molar refractivity (Wildman–Crippen MR) is 153 cm³/mol. The van der Waals surface area contributed by atoms with Crippen LogP contribution in [-0.2, 0) is 28.5 Å². The monoisotopic (exact) mass is 530 g/mol. The van der Waals surface area contributed by atoms with E-state index in [-0.39, 0.29) is 5.97 Å². The molecule has 0 unspecified atom stereocenters. The Bertz CT molecular complexity index is 432. The maximum Gasteiger partial charge on any atom is 0.305 e. The van der Waals surface area contributed by atoms with Gasteiger partial charge in [0.15, 0.2) is 0 Å². The molecule has 0 aromatic carbocycles. The highest BCUT2D eigenvalue weighted by Gasteiger charge is 2.03. The molecule has 0 aliphatic carbocycles. The molecule has 0 saturated carbocycles. The Morgan fingerprint density at radius 3 is 1.14 bits per heavy atom. The van der Waals surface area contributed by atoms with Crippen LogP contribution in [0, 0.1) is 0 Å². The fourth-order valence-electron chi connectivity index (χ4n) is 4.09. The zero-order valence-corrected chi connectivity index (χ0v) is 24.7. The van der Waals surface area contributed by atoms with Gasteiger partial charge in [0.1, 0.15) is 0 Å². The van der Waals surface area contributed by atoms with Crippen LogP contribution in [0.4, 0.5) is 0 Å². The zero-order chi connectivity index (χ0) is 26.9. The molecule has 0 aromatic rings. The van der Waals surface area contributed by atoms with Gasteiger partial charge in [0.05, 0.1) is 46.2 Å². The predicted octanol–water partition coefficient (Wildman–Crippen LogP) is 8.05. The van der Waals surface area contributed by atoms with Gasteiger partial charge in [0.25, 0.3) is 0 Å². The van der Waals surface area contributed by atoms with Crippen LogP contribution in [0.3, 0.4) is 0 Å². The van der Waals surface area contributed by atoms with Gasteiger partial charge in [0.2, 0.25) is 0 Å². The third-order valence-electron chi connectivity index (χ3n) is 6.44. The third-order valence-corrected chi connectivity index (χ3v) is 6.44. The quantitative estimate of drug-likeness (QED) is 0.0647. The van der Waals surface area contributed by atoms with E-state index in [4.69, 9.17) is 23.7 Å². The van der Waals surface area contributed by atoms with Crippen molar-refractivity contribution in [3.8, 4) is 0 Å². The Morgan fingerprint density at radius 1 is 0.378 bits per heavy atom. The molecule has 0 radical (unpaired) electrons. The first-order chi connectivity index (χ1) is 18.3. The van der Waals surface area contributed by atoms with E-state index in [0.29, 0.717) is 65.7 Å². The summed E-state index contributed by atoms with van der Waals surface area (Å²) in [4.78, 5) is 11.8. The average Bonchev–Trinajstić information content (AvgIpc) is 2.90. The smallest absolute Gasteiger partial charge is 0.305 e. The van der Waals surface area contributed by atoms with E-state index in [9.17, 15) is 4.79 Å². The van der Waals surface area contributed by atoms with Gasteiger partial charge < -0.3 is 23.7 Å². The van der Waals surface area contributed by atoms with Crippen LogP contribution in [0.25, 0.3) is 0 Å². The lowest BCUT2D eigenvalue weighted by Crippen LogP contribution is -2.12. The molecular weight excluding hydrogens is 468 g/mol. The normalized spacial score (nSPS) is 11.3. The largest absolute Gasteiger partial charge is 0.466 e. The van der Waals surface area contributed by atoms with Gasteiger partial charge in [0, 0.05) is 19.6 Å². The van der Waals surface area contributed by atoms with E-state index < -0.39 is 0 Å². The minimum absolute atomic E-state index is 0.111. The molecule has 0 aliphatic heterocycles. The van der Waals surface area contributed by atoms with Crippen molar-refractivity contribution < 1.29 is 28.5 Å². The van der Waals surface area contributed by atoms with E-state index in [1.54, 1.807) is 0 Å². The summed E-state index contributed by atoms with van der Waals surface area (Å²) in [5.74, 6) is -0.111. The number of esters is 1. The fourth-order valence-corrected chi connectivity index (χ4v) is 4.09. The van der Waals surface area contributed by atoms with Gasteiger partial charge in [-0.25, -0.2) is 0 Å². The highest BCUT2D eigenvalue weighted by Crippen LogP contribution is 2.12. The van der Waals surface area contributed by atoms with Crippen LogP contribution in [-0.4, -0.2) is 65.4 Å². The summed E-state index contributed by atoms with van der Waals surface area (Å²) in [5, 5.41) is 0. The number of rotatable bonds is 32. The van der Waals surface area contributed by atoms with Crippen molar-refractivity contribution in [3.05, 3.63) is 0 Å². The molecule has 0 N–H and O–H groups in total. The van der Waals surface area contributed by atoms with Gasteiger partial charge in [-0.3, -0.25) is 4.79 Å². The average molecular weight is 531 g/mol. The number of hydrogen-bond acceptors (Lipinski definition) is 6. The van der Waals surface area contributed by atoms with Gasteiger partial charge in [-0.1, -0.05) is 110 Å². The van der Waals surface area contributed by atoms with Crippen molar-refractivity contribution in [2.75, 3.05) is 59.5 Å². The summed E-state index contributed by atoms with van der Waals surface area (Å²) in [6.07, 6.45) is 23.2. The Hall–Kier alpha value is -0.690. The molecule has 0 heterocycles. The fraction of sp³-hybridized carbons (Fsp3) is 0.968. The van der Waals surface area contributed by atoms with E-state index >= 15 is 0 Å². The lowest BCUT2D eigenvalue weighted by Gasteiger charge is -2.08. The summed E-state index contributed by atoms with van der Waals surface area (Å²) in [5.41, 5.74) is 0. The molecular formula is C31H62O6. The summed E-state index contributed by atoms with van der Waals surface area (Å²) in [6.45, 7) is 9.92. The molecule has 222 valence electrons. The number of carbonyl (C=O) groups is 1. The van der Waals surface area contributed by atoms with Crippen molar-refractivity contribution in [1.29, 1.82) is 0 Å². The van der Waals surface area contributed by atoms with Crippen LogP contribution < -0.4 is 0 Å². The highest BCUT2D eigenvalue weighted by molar-refractivity contribution is 5.69. The first-order valence-corrected chi connectivity index (χ1v) is 15.8. The second-order valence-corrected chi connectivity index (χ2v) is 10.1. The molecule has 0 spiro atoms. The van der Waals surface area contributed by atoms with E-state index in [2.05, 4.69) is 13.8 Å². The Balaban J connectivity index is 3.13. The molecule has 0 rings (SSSR count). The van der Waals surface area contributed by atoms with Crippen molar-refractivity contribution in [1.82, 2.24) is 0 Å². The summed E-state index contributed by atoms with van der Waals surface area (Å²) >= 11 is 0. The molecule has 0 fully saturated rings. The third kappa shape index (κ3) is 33.3. The second-order valence-electron chi connectivity index (χ2n) is 10.1. The van der Waals surface area contributed by atoms with Crippen LogP contribution in [0.15, 0.2) is 0 Å². The van der Waals surface area contributed by atoms with Crippen molar-refractivity contribution >= 4 is 5.97 Å². The number of hydrogen-bond donors (Lipinski definition) is 0.